The molecule has 3 rings (SSSR count). The van der Waals surface area contributed by atoms with Crippen LogP contribution in [0.5, 0.6) is 11.5 Å². The van der Waals surface area contributed by atoms with Gasteiger partial charge in [0.15, 0.2) is 11.5 Å². The number of aliphatic hydroxyl groups is 1. The highest BCUT2D eigenvalue weighted by Crippen LogP contribution is 2.52. The fourth-order valence-corrected chi connectivity index (χ4v) is 4.30. The van der Waals surface area contributed by atoms with Crippen molar-refractivity contribution < 1.29 is 32.5 Å². The molecule has 1 heterocycles. The van der Waals surface area contributed by atoms with E-state index in [1.807, 2.05) is 20.8 Å². The van der Waals surface area contributed by atoms with Gasteiger partial charge in [0, 0.05) is 11.3 Å². The number of hydrogen-bond acceptors (Lipinski definition) is 5. The summed E-state index contributed by atoms with van der Waals surface area (Å²) in [5.41, 5.74) is -3.50. The third kappa shape index (κ3) is 3.53. The van der Waals surface area contributed by atoms with Gasteiger partial charge in [0.2, 0.25) is 0 Å². The number of alkyl halides is 3. The largest absolute Gasteiger partial charge is 0.493 e. The van der Waals surface area contributed by atoms with Crippen molar-refractivity contribution in [2.45, 2.75) is 51.9 Å². The van der Waals surface area contributed by atoms with E-state index in [0.29, 0.717) is 18.6 Å². The zero-order valence-electron chi connectivity index (χ0n) is 17.7. The molecule has 0 aromatic heterocycles. The molecule has 1 saturated carbocycles. The number of amides is 1. The van der Waals surface area contributed by atoms with E-state index in [1.54, 1.807) is 0 Å². The molecule has 0 saturated heterocycles. The number of benzene rings is 1. The Kier molecular flexibility index (Phi) is 5.56. The Morgan fingerprint density at radius 3 is 2.37 bits per heavy atom. The fourth-order valence-electron chi connectivity index (χ4n) is 4.30. The van der Waals surface area contributed by atoms with E-state index in [4.69, 9.17) is 9.47 Å². The molecule has 1 N–H and O–H groups in total. The van der Waals surface area contributed by atoms with Gasteiger partial charge in [0.1, 0.15) is 0 Å². The molecule has 1 amide bonds. The normalized spacial score (nSPS) is 26.8. The Balaban J connectivity index is 2.02. The van der Waals surface area contributed by atoms with Crippen LogP contribution in [0.3, 0.4) is 0 Å². The maximum atomic E-state index is 14.2. The van der Waals surface area contributed by atoms with Gasteiger partial charge in [-0.1, -0.05) is 20.8 Å². The minimum Gasteiger partial charge on any atom is -0.493 e. The number of methoxy groups -OCH3 is 2. The maximum absolute atomic E-state index is 14.2. The van der Waals surface area contributed by atoms with E-state index in [0.717, 1.165) is 0 Å². The number of hydrogen-bond donors (Lipinski definition) is 1. The molecule has 30 heavy (non-hydrogen) atoms. The second-order valence-corrected chi connectivity index (χ2v) is 8.89. The number of halogens is 3. The van der Waals surface area contributed by atoms with Gasteiger partial charge < -0.3 is 14.6 Å². The molecule has 9 heteroatoms. The standard InChI is InChI=1S/C21H27F3N2O4/c1-19(2,3)13-7-8-15-14(11-13)20(28,21(22,23)24)26(25-15)18(27)12-6-9-16(29-4)17(10-12)30-5/h6,9-10,13-14,28H,7-8,11H2,1-5H3/t13-,14+,20-/m0/s1. The van der Waals surface area contributed by atoms with Crippen LogP contribution in [0.1, 0.15) is 50.4 Å². The smallest absolute Gasteiger partial charge is 0.439 e. The van der Waals surface area contributed by atoms with Crippen LogP contribution in [0.15, 0.2) is 23.3 Å². The summed E-state index contributed by atoms with van der Waals surface area (Å²) in [5.74, 6) is -1.86. The van der Waals surface area contributed by atoms with Crippen LogP contribution >= 0.6 is 0 Å². The molecular weight excluding hydrogens is 401 g/mol. The summed E-state index contributed by atoms with van der Waals surface area (Å²) < 4.78 is 52.7. The van der Waals surface area contributed by atoms with Crippen molar-refractivity contribution in [1.29, 1.82) is 0 Å². The summed E-state index contributed by atoms with van der Waals surface area (Å²) in [7, 11) is 2.76. The molecule has 166 valence electrons. The van der Waals surface area contributed by atoms with E-state index < -0.39 is 23.7 Å². The maximum Gasteiger partial charge on any atom is 0.439 e. The number of nitrogens with zero attached hydrogens (tertiary/aromatic N) is 2. The van der Waals surface area contributed by atoms with Crippen molar-refractivity contribution in [2.75, 3.05) is 14.2 Å². The van der Waals surface area contributed by atoms with E-state index in [1.165, 1.54) is 32.4 Å². The average molecular weight is 428 g/mol. The molecule has 0 bridgehead atoms. The van der Waals surface area contributed by atoms with Gasteiger partial charge in [-0.05, 0) is 48.8 Å². The molecule has 1 aromatic rings. The Hall–Kier alpha value is -2.29. The van der Waals surface area contributed by atoms with Crippen LogP contribution < -0.4 is 9.47 Å². The molecule has 1 aliphatic heterocycles. The Morgan fingerprint density at radius 2 is 1.83 bits per heavy atom. The SMILES string of the molecule is COc1ccc(C(=O)N2N=C3CC[C@H](C(C)(C)C)C[C@H]3[C@]2(O)C(F)(F)F)cc1OC. The molecule has 0 radical (unpaired) electrons. The van der Waals surface area contributed by atoms with Gasteiger partial charge in [-0.25, -0.2) is 0 Å². The van der Waals surface area contributed by atoms with Crippen molar-refractivity contribution in [2.24, 2.45) is 22.4 Å². The van der Waals surface area contributed by atoms with Crippen LogP contribution in [0.25, 0.3) is 0 Å². The van der Waals surface area contributed by atoms with Crippen LogP contribution in [0.4, 0.5) is 13.2 Å². The third-order valence-electron chi connectivity index (χ3n) is 6.17. The highest BCUT2D eigenvalue weighted by molar-refractivity contribution is 5.99. The number of rotatable bonds is 3. The summed E-state index contributed by atoms with van der Waals surface area (Å²) >= 11 is 0. The first-order valence-corrected chi connectivity index (χ1v) is 9.77. The number of ether oxygens (including phenoxy) is 2. The van der Waals surface area contributed by atoms with E-state index in [-0.39, 0.29) is 39.8 Å². The molecule has 0 unspecified atom stereocenters. The van der Waals surface area contributed by atoms with Crippen LogP contribution in [-0.4, -0.2) is 47.9 Å². The van der Waals surface area contributed by atoms with Crippen molar-refractivity contribution in [3.63, 3.8) is 0 Å². The summed E-state index contributed by atoms with van der Waals surface area (Å²) in [4.78, 5) is 13.1. The Labute approximate surface area is 173 Å². The van der Waals surface area contributed by atoms with Gasteiger partial charge >= 0.3 is 6.18 Å². The van der Waals surface area contributed by atoms with Gasteiger partial charge in [-0.2, -0.15) is 23.3 Å². The van der Waals surface area contributed by atoms with Crippen molar-refractivity contribution in [1.82, 2.24) is 5.01 Å². The molecular formula is C21H27F3N2O4. The minimum absolute atomic E-state index is 0.0357. The summed E-state index contributed by atoms with van der Waals surface area (Å²) in [6.45, 7) is 5.90. The number of hydrazone groups is 1. The predicted octanol–water partition coefficient (Wildman–Crippen LogP) is 4.23. The molecule has 0 spiro atoms. The second kappa shape index (κ2) is 7.44. The minimum atomic E-state index is -5.07. The van der Waals surface area contributed by atoms with Crippen LogP contribution in [0, 0.1) is 17.3 Å². The van der Waals surface area contributed by atoms with E-state index in [9.17, 15) is 23.1 Å². The van der Waals surface area contributed by atoms with Crippen molar-refractivity contribution in [3.05, 3.63) is 23.8 Å². The lowest BCUT2D eigenvalue weighted by molar-refractivity contribution is -0.314. The highest BCUT2D eigenvalue weighted by atomic mass is 19.4. The fraction of sp³-hybridized carbons (Fsp3) is 0.619. The van der Waals surface area contributed by atoms with E-state index >= 15 is 0 Å². The number of fused-ring (bicyclic) bond motifs is 1. The zero-order chi connectivity index (χ0) is 22.5. The highest BCUT2D eigenvalue weighted by Gasteiger charge is 2.69. The summed E-state index contributed by atoms with van der Waals surface area (Å²) in [5, 5.41) is 15.1. The first-order valence-electron chi connectivity index (χ1n) is 9.77. The van der Waals surface area contributed by atoms with Gasteiger partial charge in [0.05, 0.1) is 20.1 Å². The lowest BCUT2D eigenvalue weighted by atomic mass is 9.66. The van der Waals surface area contributed by atoms with Gasteiger partial charge in [-0.3, -0.25) is 4.79 Å². The lowest BCUT2D eigenvalue weighted by Gasteiger charge is -2.42. The Bertz CT molecular complexity index is 863. The molecule has 3 atom stereocenters. The topological polar surface area (TPSA) is 71.4 Å². The first-order chi connectivity index (χ1) is 13.8. The van der Waals surface area contributed by atoms with Gasteiger partial charge in [-0.15, -0.1) is 0 Å². The average Bonchev–Trinajstić information content (AvgIpc) is 2.99. The molecule has 1 aliphatic carbocycles. The third-order valence-corrected chi connectivity index (χ3v) is 6.17. The summed E-state index contributed by atoms with van der Waals surface area (Å²) in [6, 6.07) is 4.02. The Morgan fingerprint density at radius 1 is 1.20 bits per heavy atom. The van der Waals surface area contributed by atoms with Crippen LogP contribution in [0.2, 0.25) is 0 Å². The van der Waals surface area contributed by atoms with Crippen molar-refractivity contribution >= 4 is 11.6 Å². The molecule has 1 fully saturated rings. The second-order valence-electron chi connectivity index (χ2n) is 8.89. The van der Waals surface area contributed by atoms with Gasteiger partial charge in [0.25, 0.3) is 11.6 Å². The lowest BCUT2D eigenvalue weighted by Crippen LogP contribution is -2.62. The van der Waals surface area contributed by atoms with Crippen LogP contribution in [-0.2, 0) is 0 Å². The zero-order valence-corrected chi connectivity index (χ0v) is 17.7. The molecule has 1 aromatic carbocycles. The van der Waals surface area contributed by atoms with Crippen molar-refractivity contribution in [3.8, 4) is 11.5 Å². The molecule has 2 aliphatic rings. The number of carbonyl (C=O) groups excluding carboxylic acids is 1. The predicted molar refractivity (Wildman–Crippen MR) is 104 cm³/mol. The quantitative estimate of drug-likeness (QED) is 0.782. The molecule has 6 nitrogen and oxygen atoms in total. The van der Waals surface area contributed by atoms with E-state index in [2.05, 4.69) is 5.10 Å². The first kappa shape index (κ1) is 22.4. The number of carbonyl (C=O) groups is 1. The summed E-state index contributed by atoms with van der Waals surface area (Å²) in [6.07, 6.45) is -4.01. The monoisotopic (exact) mass is 428 g/mol.